The summed E-state index contributed by atoms with van der Waals surface area (Å²) in [4.78, 5) is 102. The van der Waals surface area contributed by atoms with Gasteiger partial charge in [0.05, 0.1) is 108 Å². The fourth-order valence-corrected chi connectivity index (χ4v) is 17.2. The van der Waals surface area contributed by atoms with E-state index >= 15 is 0 Å². The number of carbonyl (C=O) groups excluding carboxylic acids is 3. The number of aliphatic hydroxyl groups is 1. The SMILES string of the molecule is Cc1ccnc(-c2cc(CCCCNC(=O)CCCOP(=O)(OCCCCCCO)OCCCCCCCOP(=O)(OCCCC(=O)NCCCCc3ccnc(-c4cc(C)ccn4)c3)OCCCC(=O)NCc3c(C)oc4c(C)c5oc(=O)cc(C)c5cc34)ccn2)c1.[Ru].[Ru].c1ccc(-c2ccccn2)nc1.c1ccc(-c2ccccn2)nc1.c1ccc(-c2ccccn2)nc1.c1ccc(-c2ccccn2)nc1. The average molecular weight is 2160 g/mol. The van der Waals surface area contributed by atoms with Gasteiger partial charge in [0, 0.05) is 187 Å². The number of aliphatic hydroxyl groups excluding tert-OH is 1. The van der Waals surface area contributed by atoms with Gasteiger partial charge in [0.15, 0.2) is 0 Å². The number of fused-ring (bicyclic) bond motifs is 2. The van der Waals surface area contributed by atoms with Crippen molar-refractivity contribution in [3.05, 3.63) is 336 Å². The third-order valence-electron chi connectivity index (χ3n) is 22.2. The molecule has 0 saturated carbocycles. The van der Waals surface area contributed by atoms with E-state index in [9.17, 15) is 28.3 Å². The van der Waals surface area contributed by atoms with Crippen LogP contribution < -0.4 is 21.6 Å². The molecule has 1 aromatic carbocycles. The number of carbonyl (C=O) groups is 3. The number of rotatable bonds is 50. The summed E-state index contributed by atoms with van der Waals surface area (Å²) >= 11 is 0. The number of amides is 3. The second-order valence-corrected chi connectivity index (χ2v) is 36.7. The van der Waals surface area contributed by atoms with Crippen LogP contribution >= 0.6 is 15.6 Å². The molecule has 758 valence electrons. The van der Waals surface area contributed by atoms with Crippen LogP contribution in [0.3, 0.4) is 0 Å². The maximum Gasteiger partial charge on any atom is 0.474 e. The molecule has 144 heavy (non-hydrogen) atoms. The standard InChI is InChI=1S/C70H95N7O15P2.4C10H8N2.2Ru/c1-51-27-33-71-61(44-51)63-47-56(29-35-73-63)22-11-13-31-75-65(79)24-19-41-88-93(83,86-40-18-10-7-15-37-78)85-38-16-8-6-9-17-39-87-94(84,89-42-20-25-66(80)76-32-14-12-23-57-30-36-74-64(48-57)62-45-52(2)28-34-72-62)90-43-21-26-67(81)77-50-60-55(5)91-70-54(4)69-58(49-59(60)70)53(3)46-68(82)92-69;4*1-3-7-11-9(5-1)10-6-2-4-8-12-10;;/h27-30,33-36,44-49,78H,6-26,31-32,37-43,50H2,1-5H3,(H,75,79)(H,76,80)(H,77,81);4*1-8H;;. The van der Waals surface area contributed by atoms with Crippen LogP contribution in [0, 0.1) is 34.6 Å². The minimum atomic E-state index is -4.12. The van der Waals surface area contributed by atoms with Crippen molar-refractivity contribution >= 4 is 55.3 Å². The molecule has 0 saturated heterocycles. The zero-order valence-corrected chi connectivity index (χ0v) is 87.4. The molecule has 0 bridgehead atoms. The van der Waals surface area contributed by atoms with E-state index in [4.69, 9.17) is 41.1 Å². The van der Waals surface area contributed by atoms with Crippen molar-refractivity contribution in [1.29, 1.82) is 0 Å². The number of nitrogens with one attached hydrogen (secondary N) is 3. The van der Waals surface area contributed by atoms with Crippen molar-refractivity contribution in [2.45, 2.75) is 176 Å². The number of unbranched alkanes of at least 4 members (excludes halogenated alkanes) is 9. The molecule has 30 nitrogen and oxygen atoms in total. The number of hydrogen-bond acceptors (Lipinski definition) is 27. The topological polar surface area (TPSA) is 395 Å². The summed E-state index contributed by atoms with van der Waals surface area (Å²) in [5, 5.41) is 19.6. The predicted octanol–water partition coefficient (Wildman–Crippen LogP) is 22.6. The summed E-state index contributed by atoms with van der Waals surface area (Å²) < 4.78 is 73.9. The van der Waals surface area contributed by atoms with Crippen LogP contribution in [-0.4, -0.2) is 142 Å². The number of benzene rings is 1. The quantitative estimate of drug-likeness (QED) is 0.0119. The number of pyridine rings is 12. The third-order valence-corrected chi connectivity index (χ3v) is 25.2. The van der Waals surface area contributed by atoms with Gasteiger partial charge in [-0.25, -0.2) is 13.9 Å². The zero-order valence-electron chi connectivity index (χ0n) is 82.1. The van der Waals surface area contributed by atoms with Gasteiger partial charge in [-0.1, -0.05) is 80.6 Å². The number of hydrogen-bond donors (Lipinski definition) is 4. The van der Waals surface area contributed by atoms with Crippen molar-refractivity contribution in [2.24, 2.45) is 0 Å². The van der Waals surface area contributed by atoms with E-state index in [1.54, 1.807) is 74.4 Å². The van der Waals surface area contributed by atoms with Crippen molar-refractivity contribution in [2.75, 3.05) is 59.3 Å². The van der Waals surface area contributed by atoms with Crippen molar-refractivity contribution in [3.63, 3.8) is 0 Å². The molecule has 0 aliphatic rings. The van der Waals surface area contributed by atoms with Crippen molar-refractivity contribution in [1.82, 2.24) is 75.8 Å². The molecule has 0 spiro atoms. The molecule has 0 radical (unpaired) electrons. The molecule has 3 amide bonds. The van der Waals surface area contributed by atoms with Crippen LogP contribution in [0.1, 0.15) is 167 Å². The van der Waals surface area contributed by atoms with Gasteiger partial charge < -0.3 is 29.9 Å². The summed E-state index contributed by atoms with van der Waals surface area (Å²) in [6, 6.07) is 65.8. The van der Waals surface area contributed by atoms with Gasteiger partial charge in [0.25, 0.3) is 0 Å². The first-order chi connectivity index (χ1) is 69.4. The second-order valence-electron chi connectivity index (χ2n) is 33.4. The normalized spacial score (nSPS) is 11.6. The molecule has 14 heterocycles. The van der Waals surface area contributed by atoms with E-state index in [0.29, 0.717) is 74.1 Å². The Kier molecular flexibility index (Phi) is 52.1. The molecule has 0 aliphatic heterocycles. The van der Waals surface area contributed by atoms with E-state index in [1.165, 1.54) is 6.07 Å². The Balaban J connectivity index is 0.000000364. The molecule has 15 rings (SSSR count). The van der Waals surface area contributed by atoms with Gasteiger partial charge in [0.1, 0.15) is 16.9 Å². The molecule has 15 aromatic rings. The molecule has 4 N–H and O–H groups in total. The molecule has 2 atom stereocenters. The van der Waals surface area contributed by atoms with Crippen LogP contribution in [0.15, 0.2) is 294 Å². The Morgan fingerprint density at radius 1 is 0.312 bits per heavy atom. The second kappa shape index (κ2) is 65.1. The maximum atomic E-state index is 14.1. The maximum absolute atomic E-state index is 14.1. The molecule has 14 aromatic heterocycles. The fraction of sp³-hybridized carbons (Fsp3) is 0.327. The van der Waals surface area contributed by atoms with Crippen LogP contribution in [-0.2, 0) is 109 Å². The number of aromatic nitrogens is 12. The number of nitrogens with zero attached hydrogens (tertiary/aromatic N) is 12. The largest absolute Gasteiger partial charge is 0.474 e. The first-order valence-electron chi connectivity index (χ1n) is 48.4. The zero-order chi connectivity index (χ0) is 99.9. The average Bonchev–Trinajstić information content (AvgIpc) is 1.59. The van der Waals surface area contributed by atoms with Crippen molar-refractivity contribution in [3.8, 4) is 68.3 Å². The summed E-state index contributed by atoms with van der Waals surface area (Å²) in [5.41, 5.74) is 18.0. The molecular weight excluding hydrogens is 2040 g/mol. The van der Waals surface area contributed by atoms with Crippen LogP contribution in [0.25, 0.3) is 90.3 Å². The Hall–Kier alpha value is -12.4. The summed E-state index contributed by atoms with van der Waals surface area (Å²) in [5.74, 6) is 0.0845. The van der Waals surface area contributed by atoms with Gasteiger partial charge in [-0.05, 0) is 298 Å². The number of aryl methyl sites for hydroxylation is 7. The van der Waals surface area contributed by atoms with Gasteiger partial charge in [0.2, 0.25) is 17.7 Å². The minimum absolute atomic E-state index is 0. The van der Waals surface area contributed by atoms with Crippen molar-refractivity contribution < 1.29 is 104 Å². The van der Waals surface area contributed by atoms with Gasteiger partial charge >= 0.3 is 21.3 Å². The smallest absolute Gasteiger partial charge is 0.461 e. The van der Waals surface area contributed by atoms with E-state index in [1.807, 2.05) is 229 Å². The molecule has 0 aliphatic carbocycles. The number of phosphoric ester groups is 2. The Morgan fingerprint density at radius 2 is 0.611 bits per heavy atom. The summed E-state index contributed by atoms with van der Waals surface area (Å²) in [7, 11) is -8.05. The van der Waals surface area contributed by atoms with Gasteiger partial charge in [-0.15, -0.1) is 0 Å². The number of phosphoric acid groups is 2. The van der Waals surface area contributed by atoms with Gasteiger partial charge in [-0.3, -0.25) is 101 Å². The minimum Gasteiger partial charge on any atom is -0.461 e. The van der Waals surface area contributed by atoms with E-state index in [-0.39, 0.29) is 142 Å². The van der Waals surface area contributed by atoms with Crippen LogP contribution in [0.4, 0.5) is 0 Å². The molecular formula is C110H127N15O15P2Ru2. The van der Waals surface area contributed by atoms with E-state index in [0.717, 1.165) is 177 Å². The molecule has 34 heteroatoms. The third kappa shape index (κ3) is 41.4. The Morgan fingerprint density at radius 3 is 0.938 bits per heavy atom. The summed E-state index contributed by atoms with van der Waals surface area (Å²) in [6.45, 7) is 11.1. The number of furan rings is 1. The fourth-order valence-electron chi connectivity index (χ4n) is 14.7. The summed E-state index contributed by atoms with van der Waals surface area (Å²) in [6.07, 6.45) is 33.6. The Bertz CT molecular complexity index is 5990. The predicted molar refractivity (Wildman–Crippen MR) is 552 cm³/mol. The van der Waals surface area contributed by atoms with Gasteiger partial charge in [-0.2, -0.15) is 0 Å². The Labute approximate surface area is 868 Å². The molecule has 0 fully saturated rings. The molecule has 2 unspecified atom stereocenters. The van der Waals surface area contributed by atoms with E-state index < -0.39 is 21.3 Å². The first kappa shape index (κ1) is 115. The van der Waals surface area contributed by atoms with Crippen LogP contribution in [0.2, 0.25) is 0 Å². The van der Waals surface area contributed by atoms with Crippen LogP contribution in [0.5, 0.6) is 0 Å². The monoisotopic (exact) mass is 2160 g/mol. The van der Waals surface area contributed by atoms with E-state index in [2.05, 4.69) is 81.8 Å². The first-order valence-corrected chi connectivity index (χ1v) is 51.3.